The molecule has 1 aromatic rings. The minimum atomic E-state index is 0.312. The van der Waals surface area contributed by atoms with Crippen molar-refractivity contribution in [3.05, 3.63) is 35.4 Å². The molecular weight excluding hydrogens is 208 g/mol. The second kappa shape index (κ2) is 6.18. The lowest BCUT2D eigenvalue weighted by Crippen LogP contribution is -2.37. The fourth-order valence-corrected chi connectivity index (χ4v) is 2.26. The molecule has 0 aliphatic rings. The van der Waals surface area contributed by atoms with Crippen molar-refractivity contribution in [1.82, 2.24) is 10.2 Å². The summed E-state index contributed by atoms with van der Waals surface area (Å²) < 4.78 is 0. The molecular formula is C15H26N2. The third-order valence-corrected chi connectivity index (χ3v) is 2.92. The Morgan fingerprint density at radius 1 is 1.18 bits per heavy atom. The van der Waals surface area contributed by atoms with Gasteiger partial charge in [-0.15, -0.1) is 0 Å². The lowest BCUT2D eigenvalue weighted by atomic mass is 9.93. The number of nitrogens with one attached hydrogen (secondary N) is 1. The van der Waals surface area contributed by atoms with Crippen LogP contribution in [0.25, 0.3) is 0 Å². The van der Waals surface area contributed by atoms with Crippen LogP contribution in [0.2, 0.25) is 0 Å². The van der Waals surface area contributed by atoms with Crippen LogP contribution in [-0.4, -0.2) is 32.1 Å². The normalized spacial score (nSPS) is 12.1. The van der Waals surface area contributed by atoms with E-state index >= 15 is 0 Å². The molecule has 0 heterocycles. The van der Waals surface area contributed by atoms with Gasteiger partial charge in [0.1, 0.15) is 0 Å². The predicted molar refractivity (Wildman–Crippen MR) is 75.2 cm³/mol. The number of hydrogen-bond donors (Lipinski definition) is 1. The first-order valence-corrected chi connectivity index (χ1v) is 6.31. The van der Waals surface area contributed by atoms with Gasteiger partial charge in [0.05, 0.1) is 0 Å². The van der Waals surface area contributed by atoms with Crippen LogP contribution in [0.3, 0.4) is 0 Å². The smallest absolute Gasteiger partial charge is 0.0208 e. The van der Waals surface area contributed by atoms with E-state index in [0.717, 1.165) is 19.6 Å². The van der Waals surface area contributed by atoms with Crippen molar-refractivity contribution < 1.29 is 0 Å². The van der Waals surface area contributed by atoms with Gasteiger partial charge in [-0.2, -0.15) is 0 Å². The summed E-state index contributed by atoms with van der Waals surface area (Å²) in [7, 11) is 4.26. The third-order valence-electron chi connectivity index (χ3n) is 2.92. The molecule has 0 saturated carbocycles. The number of rotatable bonds is 6. The zero-order chi connectivity index (χ0) is 12.9. The highest BCUT2D eigenvalue weighted by atomic mass is 15.1. The van der Waals surface area contributed by atoms with E-state index in [9.17, 15) is 0 Å². The number of benzene rings is 1. The van der Waals surface area contributed by atoms with E-state index in [1.807, 2.05) is 0 Å². The summed E-state index contributed by atoms with van der Waals surface area (Å²) in [6.07, 6.45) is 0. The van der Waals surface area contributed by atoms with Crippen LogP contribution in [0.4, 0.5) is 0 Å². The van der Waals surface area contributed by atoms with Crippen molar-refractivity contribution in [2.75, 3.05) is 27.2 Å². The van der Waals surface area contributed by atoms with Gasteiger partial charge < -0.3 is 10.2 Å². The molecule has 0 fully saturated rings. The summed E-state index contributed by atoms with van der Waals surface area (Å²) in [5.74, 6) is 0. The number of aryl methyl sites for hydroxylation is 1. The molecule has 1 N–H and O–H groups in total. The quantitative estimate of drug-likeness (QED) is 0.814. The SMILES string of the molecule is Cc1ccccc1CNCC(C)(C)CN(C)C. The van der Waals surface area contributed by atoms with Crippen LogP contribution in [0.15, 0.2) is 24.3 Å². The van der Waals surface area contributed by atoms with Crippen molar-refractivity contribution in [1.29, 1.82) is 0 Å². The molecule has 0 saturated heterocycles. The number of hydrogen-bond acceptors (Lipinski definition) is 2. The largest absolute Gasteiger partial charge is 0.312 e. The molecule has 0 atom stereocenters. The van der Waals surface area contributed by atoms with E-state index in [-0.39, 0.29) is 0 Å². The Hall–Kier alpha value is -0.860. The Balaban J connectivity index is 2.40. The van der Waals surface area contributed by atoms with Gasteiger partial charge >= 0.3 is 0 Å². The third kappa shape index (κ3) is 5.33. The molecule has 0 unspecified atom stereocenters. The topological polar surface area (TPSA) is 15.3 Å². The van der Waals surface area contributed by atoms with Crippen molar-refractivity contribution in [2.24, 2.45) is 5.41 Å². The van der Waals surface area contributed by atoms with Crippen LogP contribution < -0.4 is 5.32 Å². The molecule has 1 aromatic carbocycles. The van der Waals surface area contributed by atoms with Gasteiger partial charge in [0.15, 0.2) is 0 Å². The van der Waals surface area contributed by atoms with Crippen LogP contribution in [0.5, 0.6) is 0 Å². The predicted octanol–water partition coefficient (Wildman–Crippen LogP) is 2.67. The molecule has 0 spiro atoms. The van der Waals surface area contributed by atoms with Gasteiger partial charge in [-0.3, -0.25) is 0 Å². The standard InChI is InChI=1S/C15H26N2/c1-13-8-6-7-9-14(13)10-16-11-15(2,3)12-17(4)5/h6-9,16H,10-12H2,1-5H3. The Bertz CT molecular complexity index is 343. The molecule has 0 aliphatic carbocycles. The van der Waals surface area contributed by atoms with Crippen LogP contribution in [0, 0.1) is 12.3 Å². The van der Waals surface area contributed by atoms with Crippen molar-refractivity contribution in [2.45, 2.75) is 27.3 Å². The van der Waals surface area contributed by atoms with E-state index < -0.39 is 0 Å². The summed E-state index contributed by atoms with van der Waals surface area (Å²) >= 11 is 0. The Morgan fingerprint density at radius 2 is 1.82 bits per heavy atom. The van der Waals surface area contributed by atoms with E-state index in [2.05, 4.69) is 69.3 Å². The summed E-state index contributed by atoms with van der Waals surface area (Å²) in [4.78, 5) is 2.25. The molecule has 2 nitrogen and oxygen atoms in total. The molecule has 0 radical (unpaired) electrons. The number of nitrogens with zero attached hydrogens (tertiary/aromatic N) is 1. The summed E-state index contributed by atoms with van der Waals surface area (Å²) in [5, 5.41) is 3.56. The monoisotopic (exact) mass is 234 g/mol. The first-order valence-electron chi connectivity index (χ1n) is 6.31. The molecule has 2 heteroatoms. The van der Waals surface area contributed by atoms with E-state index in [0.29, 0.717) is 5.41 Å². The van der Waals surface area contributed by atoms with Crippen LogP contribution in [0.1, 0.15) is 25.0 Å². The van der Waals surface area contributed by atoms with Crippen LogP contribution >= 0.6 is 0 Å². The summed E-state index contributed by atoms with van der Waals surface area (Å²) in [6, 6.07) is 8.56. The summed E-state index contributed by atoms with van der Waals surface area (Å²) in [6.45, 7) is 9.88. The van der Waals surface area contributed by atoms with Crippen LogP contribution in [-0.2, 0) is 6.54 Å². The molecule has 96 valence electrons. The molecule has 0 aliphatic heterocycles. The minimum absolute atomic E-state index is 0.312. The minimum Gasteiger partial charge on any atom is -0.312 e. The average Bonchev–Trinajstić information content (AvgIpc) is 2.18. The highest BCUT2D eigenvalue weighted by molar-refractivity contribution is 5.25. The van der Waals surface area contributed by atoms with E-state index in [4.69, 9.17) is 0 Å². The fourth-order valence-electron chi connectivity index (χ4n) is 2.26. The second-order valence-electron chi connectivity index (χ2n) is 5.93. The van der Waals surface area contributed by atoms with Crippen molar-refractivity contribution in [3.8, 4) is 0 Å². The highest BCUT2D eigenvalue weighted by Crippen LogP contribution is 2.15. The van der Waals surface area contributed by atoms with Gasteiger partial charge in [0.25, 0.3) is 0 Å². The van der Waals surface area contributed by atoms with Gasteiger partial charge in [-0.25, -0.2) is 0 Å². The van der Waals surface area contributed by atoms with Gasteiger partial charge in [0, 0.05) is 19.6 Å². The molecule has 0 bridgehead atoms. The second-order valence-corrected chi connectivity index (χ2v) is 5.93. The lowest BCUT2D eigenvalue weighted by molar-refractivity contribution is 0.232. The summed E-state index contributed by atoms with van der Waals surface area (Å²) in [5.41, 5.74) is 3.07. The zero-order valence-electron chi connectivity index (χ0n) is 11.9. The van der Waals surface area contributed by atoms with E-state index in [1.54, 1.807) is 0 Å². The van der Waals surface area contributed by atoms with E-state index in [1.165, 1.54) is 11.1 Å². The molecule has 1 rings (SSSR count). The Labute approximate surface area is 106 Å². The maximum Gasteiger partial charge on any atom is 0.0208 e. The fraction of sp³-hybridized carbons (Fsp3) is 0.600. The molecule has 17 heavy (non-hydrogen) atoms. The lowest BCUT2D eigenvalue weighted by Gasteiger charge is -2.28. The van der Waals surface area contributed by atoms with Crippen molar-refractivity contribution in [3.63, 3.8) is 0 Å². The Morgan fingerprint density at radius 3 is 2.41 bits per heavy atom. The Kier molecular flexibility index (Phi) is 5.16. The average molecular weight is 234 g/mol. The molecule has 0 aromatic heterocycles. The first kappa shape index (κ1) is 14.2. The highest BCUT2D eigenvalue weighted by Gasteiger charge is 2.18. The first-order chi connectivity index (χ1) is 7.91. The molecule has 0 amide bonds. The van der Waals surface area contributed by atoms with Gasteiger partial charge in [-0.05, 0) is 37.6 Å². The van der Waals surface area contributed by atoms with Crippen molar-refractivity contribution >= 4 is 0 Å². The van der Waals surface area contributed by atoms with Gasteiger partial charge in [-0.1, -0.05) is 38.1 Å². The van der Waals surface area contributed by atoms with Gasteiger partial charge in [0.2, 0.25) is 0 Å². The maximum absolute atomic E-state index is 3.56. The maximum atomic E-state index is 3.56. The zero-order valence-corrected chi connectivity index (χ0v) is 11.9.